The third-order valence-corrected chi connectivity index (χ3v) is 3.70. The van der Waals surface area contributed by atoms with E-state index in [4.69, 9.17) is 16.7 Å². The van der Waals surface area contributed by atoms with E-state index in [9.17, 15) is 0 Å². The molecule has 0 spiro atoms. The maximum atomic E-state index is 8.96. The van der Waals surface area contributed by atoms with Crippen LogP contribution in [0.15, 0.2) is 46.9 Å². The fraction of sp³-hybridized carbons (Fsp3) is 0.0769. The normalized spacial score (nSPS) is 10.4. The summed E-state index contributed by atoms with van der Waals surface area (Å²) in [6.45, 7) is 0.0620. The average Bonchev–Trinajstić information content (AvgIpc) is 2.33. The predicted octanol–water partition coefficient (Wildman–Crippen LogP) is 4.26. The summed E-state index contributed by atoms with van der Waals surface area (Å²) in [6.07, 6.45) is 0. The van der Waals surface area contributed by atoms with Crippen LogP contribution in [-0.4, -0.2) is 5.11 Å². The first kappa shape index (κ1) is 11.6. The van der Waals surface area contributed by atoms with Crippen molar-refractivity contribution in [1.29, 1.82) is 0 Å². The van der Waals surface area contributed by atoms with Crippen LogP contribution in [0.4, 0.5) is 0 Å². The fourth-order valence-electron chi connectivity index (χ4n) is 1.52. The minimum absolute atomic E-state index is 0.0620. The van der Waals surface area contributed by atoms with Crippen LogP contribution in [0.1, 0.15) is 5.56 Å². The Kier molecular flexibility index (Phi) is 3.64. The van der Waals surface area contributed by atoms with Crippen molar-refractivity contribution in [2.75, 3.05) is 0 Å². The Balaban J connectivity index is 2.46. The van der Waals surface area contributed by atoms with Crippen LogP contribution in [0.5, 0.6) is 0 Å². The molecule has 0 aromatic heterocycles. The Labute approximate surface area is 108 Å². The summed E-state index contributed by atoms with van der Waals surface area (Å²) in [5.74, 6) is 0. The van der Waals surface area contributed by atoms with Gasteiger partial charge in [0, 0.05) is 10.0 Å². The number of hydrogen-bond donors (Lipinski definition) is 1. The third-order valence-electron chi connectivity index (χ3n) is 2.40. The monoisotopic (exact) mass is 296 g/mol. The fourth-order valence-corrected chi connectivity index (χ4v) is 2.12. The number of hydrogen-bond acceptors (Lipinski definition) is 1. The van der Waals surface area contributed by atoms with Gasteiger partial charge in [-0.1, -0.05) is 48.0 Å². The molecule has 2 rings (SSSR count). The van der Waals surface area contributed by atoms with Gasteiger partial charge in [0.1, 0.15) is 0 Å². The SMILES string of the molecule is OCc1ccc(-c2cccc(Br)c2Cl)cc1. The summed E-state index contributed by atoms with van der Waals surface area (Å²) < 4.78 is 0.887. The number of aliphatic hydroxyl groups excluding tert-OH is 1. The van der Waals surface area contributed by atoms with Gasteiger partial charge in [-0.15, -0.1) is 0 Å². The molecule has 0 saturated carbocycles. The summed E-state index contributed by atoms with van der Waals surface area (Å²) in [7, 11) is 0. The van der Waals surface area contributed by atoms with Crippen molar-refractivity contribution in [3.63, 3.8) is 0 Å². The van der Waals surface area contributed by atoms with Crippen molar-refractivity contribution in [2.24, 2.45) is 0 Å². The van der Waals surface area contributed by atoms with Crippen molar-refractivity contribution < 1.29 is 5.11 Å². The lowest BCUT2D eigenvalue weighted by atomic mass is 10.0. The molecule has 2 aromatic rings. The van der Waals surface area contributed by atoms with Gasteiger partial charge < -0.3 is 5.11 Å². The Bertz CT molecular complexity index is 494. The molecular formula is C13H10BrClO. The maximum absolute atomic E-state index is 8.96. The Morgan fingerprint density at radius 2 is 1.75 bits per heavy atom. The minimum Gasteiger partial charge on any atom is -0.392 e. The Hall–Kier alpha value is -0.830. The molecule has 0 atom stereocenters. The van der Waals surface area contributed by atoms with Crippen LogP contribution >= 0.6 is 27.5 Å². The van der Waals surface area contributed by atoms with Crippen LogP contribution in [0.3, 0.4) is 0 Å². The smallest absolute Gasteiger partial charge is 0.0681 e. The highest BCUT2D eigenvalue weighted by atomic mass is 79.9. The van der Waals surface area contributed by atoms with E-state index in [0.29, 0.717) is 5.02 Å². The highest BCUT2D eigenvalue weighted by molar-refractivity contribution is 9.10. The molecule has 16 heavy (non-hydrogen) atoms. The second kappa shape index (κ2) is 5.00. The molecule has 0 unspecified atom stereocenters. The quantitative estimate of drug-likeness (QED) is 0.878. The van der Waals surface area contributed by atoms with E-state index in [1.54, 1.807) is 0 Å². The highest BCUT2D eigenvalue weighted by Crippen LogP contribution is 2.33. The van der Waals surface area contributed by atoms with E-state index < -0.39 is 0 Å². The molecule has 2 aromatic carbocycles. The standard InChI is InChI=1S/C13H10BrClO/c14-12-3-1-2-11(13(12)15)10-6-4-9(8-16)5-7-10/h1-7,16H,8H2. The molecule has 3 heteroatoms. The van der Waals surface area contributed by atoms with Gasteiger partial charge in [-0.3, -0.25) is 0 Å². The first-order chi connectivity index (χ1) is 7.72. The first-order valence-corrected chi connectivity index (χ1v) is 6.03. The van der Waals surface area contributed by atoms with Crippen molar-refractivity contribution in [3.05, 3.63) is 57.5 Å². The van der Waals surface area contributed by atoms with Gasteiger partial charge in [-0.25, -0.2) is 0 Å². The molecule has 0 aliphatic heterocycles. The Morgan fingerprint density at radius 3 is 2.38 bits per heavy atom. The predicted molar refractivity (Wildman–Crippen MR) is 70.5 cm³/mol. The molecule has 0 amide bonds. The van der Waals surface area contributed by atoms with E-state index in [1.165, 1.54) is 0 Å². The molecule has 0 radical (unpaired) electrons. The molecule has 0 heterocycles. The first-order valence-electron chi connectivity index (χ1n) is 4.86. The molecule has 1 nitrogen and oxygen atoms in total. The zero-order valence-corrected chi connectivity index (χ0v) is 10.8. The van der Waals surface area contributed by atoms with Crippen molar-refractivity contribution in [2.45, 2.75) is 6.61 Å². The van der Waals surface area contributed by atoms with Crippen LogP contribution in [-0.2, 0) is 6.61 Å². The van der Waals surface area contributed by atoms with E-state index in [0.717, 1.165) is 21.2 Å². The number of rotatable bonds is 2. The third kappa shape index (κ3) is 2.29. The summed E-state index contributed by atoms with van der Waals surface area (Å²) in [6, 6.07) is 13.5. The van der Waals surface area contributed by atoms with Crippen LogP contribution < -0.4 is 0 Å². The highest BCUT2D eigenvalue weighted by Gasteiger charge is 2.05. The van der Waals surface area contributed by atoms with E-state index in [2.05, 4.69) is 15.9 Å². The largest absolute Gasteiger partial charge is 0.392 e. The van der Waals surface area contributed by atoms with Gasteiger partial charge >= 0.3 is 0 Å². The van der Waals surface area contributed by atoms with Crippen molar-refractivity contribution in [1.82, 2.24) is 0 Å². The van der Waals surface area contributed by atoms with E-state index in [1.807, 2.05) is 42.5 Å². The summed E-state index contributed by atoms with van der Waals surface area (Å²) in [5.41, 5.74) is 2.93. The topological polar surface area (TPSA) is 20.2 Å². The molecule has 1 N–H and O–H groups in total. The zero-order valence-electron chi connectivity index (χ0n) is 8.45. The lowest BCUT2D eigenvalue weighted by Gasteiger charge is -2.06. The second-order valence-corrected chi connectivity index (χ2v) is 4.69. The second-order valence-electron chi connectivity index (χ2n) is 3.46. The minimum atomic E-state index is 0.0620. The van der Waals surface area contributed by atoms with Gasteiger partial charge in [0.2, 0.25) is 0 Å². The van der Waals surface area contributed by atoms with Gasteiger partial charge in [-0.05, 0) is 33.1 Å². The molecule has 0 saturated heterocycles. The lowest BCUT2D eigenvalue weighted by molar-refractivity contribution is 0.282. The van der Waals surface area contributed by atoms with Gasteiger partial charge in [0.25, 0.3) is 0 Å². The van der Waals surface area contributed by atoms with Crippen LogP contribution in [0.25, 0.3) is 11.1 Å². The summed E-state index contributed by atoms with van der Waals surface area (Å²) in [4.78, 5) is 0. The number of benzene rings is 2. The molecule has 0 aliphatic carbocycles. The molecule has 0 aliphatic rings. The molecule has 0 fully saturated rings. The summed E-state index contributed by atoms with van der Waals surface area (Å²) >= 11 is 9.60. The zero-order chi connectivity index (χ0) is 11.5. The average molecular weight is 298 g/mol. The number of aliphatic hydroxyl groups is 1. The number of halogens is 2. The Morgan fingerprint density at radius 1 is 1.06 bits per heavy atom. The maximum Gasteiger partial charge on any atom is 0.0681 e. The van der Waals surface area contributed by atoms with Gasteiger partial charge in [0.15, 0.2) is 0 Å². The molecule has 82 valence electrons. The lowest BCUT2D eigenvalue weighted by Crippen LogP contribution is -1.84. The van der Waals surface area contributed by atoms with Crippen LogP contribution in [0.2, 0.25) is 5.02 Å². The van der Waals surface area contributed by atoms with Gasteiger partial charge in [-0.2, -0.15) is 0 Å². The summed E-state index contributed by atoms with van der Waals surface area (Å²) in [5, 5.41) is 9.67. The van der Waals surface area contributed by atoms with E-state index in [-0.39, 0.29) is 6.61 Å². The van der Waals surface area contributed by atoms with Gasteiger partial charge in [0.05, 0.1) is 11.6 Å². The molecule has 0 bridgehead atoms. The van der Waals surface area contributed by atoms with E-state index >= 15 is 0 Å². The van der Waals surface area contributed by atoms with Crippen molar-refractivity contribution >= 4 is 27.5 Å². The van der Waals surface area contributed by atoms with Crippen molar-refractivity contribution in [3.8, 4) is 11.1 Å². The van der Waals surface area contributed by atoms with Crippen LogP contribution in [0, 0.1) is 0 Å². The molecular weight excluding hydrogens is 287 g/mol.